The molecule has 0 aliphatic heterocycles. The average Bonchev–Trinajstić information content (AvgIpc) is 2.34. The number of nitriles is 1. The summed E-state index contributed by atoms with van der Waals surface area (Å²) in [5, 5.41) is 10.7. The van der Waals surface area contributed by atoms with Crippen LogP contribution in [0, 0.1) is 11.3 Å². The molecule has 0 saturated carbocycles. The van der Waals surface area contributed by atoms with Gasteiger partial charge in [-0.15, -0.1) is 0 Å². The van der Waals surface area contributed by atoms with Crippen LogP contribution in [0.1, 0.15) is 18.5 Å². The molecule has 0 saturated heterocycles. The van der Waals surface area contributed by atoms with E-state index in [1.54, 1.807) is 6.07 Å². The second-order valence-corrected chi connectivity index (χ2v) is 3.55. The number of hydrogen-bond donors (Lipinski definition) is 2. The van der Waals surface area contributed by atoms with Crippen molar-refractivity contribution in [2.45, 2.75) is 13.0 Å². The van der Waals surface area contributed by atoms with E-state index in [1.165, 1.54) is 0 Å². The fourth-order valence-corrected chi connectivity index (χ4v) is 1.32. The Kier molecular flexibility index (Phi) is 4.98. The van der Waals surface area contributed by atoms with Crippen molar-refractivity contribution in [2.24, 2.45) is 5.73 Å². The Morgan fingerprint density at radius 3 is 2.94 bits per heavy atom. The van der Waals surface area contributed by atoms with Crippen molar-refractivity contribution in [3.8, 4) is 11.8 Å². The number of nitrogens with one attached hydrogen (secondary N) is 1. The zero-order valence-corrected chi connectivity index (χ0v) is 9.64. The first kappa shape index (κ1) is 13.0. The van der Waals surface area contributed by atoms with Crippen molar-refractivity contribution in [1.29, 1.82) is 5.26 Å². The van der Waals surface area contributed by atoms with Crippen LogP contribution in [0.3, 0.4) is 0 Å². The topological polar surface area (TPSA) is 88.1 Å². The van der Waals surface area contributed by atoms with Gasteiger partial charge in [0, 0.05) is 11.6 Å². The summed E-state index contributed by atoms with van der Waals surface area (Å²) >= 11 is 0. The highest BCUT2D eigenvalue weighted by Crippen LogP contribution is 2.22. The summed E-state index contributed by atoms with van der Waals surface area (Å²) in [4.78, 5) is 11.2. The quantitative estimate of drug-likeness (QED) is 0.734. The number of rotatable bonds is 5. The molecular formula is C12H15N3O2. The van der Waals surface area contributed by atoms with E-state index >= 15 is 0 Å². The summed E-state index contributed by atoms with van der Waals surface area (Å²) in [5.74, 6) is 0.264. The molecule has 5 heteroatoms. The maximum atomic E-state index is 11.2. The Labute approximate surface area is 100 Å². The lowest BCUT2D eigenvalue weighted by Gasteiger charge is -2.13. The predicted molar refractivity (Wildman–Crippen MR) is 63.2 cm³/mol. The molecule has 0 bridgehead atoms. The molecule has 1 amide bonds. The minimum Gasteiger partial charge on any atom is -0.483 e. The molecule has 0 fully saturated rings. The van der Waals surface area contributed by atoms with E-state index in [2.05, 4.69) is 5.32 Å². The first-order chi connectivity index (χ1) is 8.15. The van der Waals surface area contributed by atoms with Crippen LogP contribution >= 0.6 is 0 Å². The highest BCUT2D eigenvalue weighted by Gasteiger charge is 2.08. The van der Waals surface area contributed by atoms with Crippen molar-refractivity contribution < 1.29 is 9.53 Å². The number of carbonyl (C=O) groups is 1. The second kappa shape index (κ2) is 6.51. The molecule has 90 valence electrons. The summed E-state index contributed by atoms with van der Waals surface area (Å²) in [7, 11) is 0. The third-order valence-electron chi connectivity index (χ3n) is 2.13. The molecular weight excluding hydrogens is 218 g/mol. The van der Waals surface area contributed by atoms with Crippen molar-refractivity contribution in [3.63, 3.8) is 0 Å². The molecule has 17 heavy (non-hydrogen) atoms. The van der Waals surface area contributed by atoms with Gasteiger partial charge in [0.2, 0.25) is 0 Å². The van der Waals surface area contributed by atoms with Crippen LogP contribution in [0.2, 0.25) is 0 Å². The maximum absolute atomic E-state index is 11.2. The van der Waals surface area contributed by atoms with Crippen LogP contribution in [0.4, 0.5) is 0 Å². The number of benzene rings is 1. The van der Waals surface area contributed by atoms with Gasteiger partial charge in [0.25, 0.3) is 5.91 Å². The van der Waals surface area contributed by atoms with E-state index in [4.69, 9.17) is 15.7 Å². The lowest BCUT2D eigenvalue weighted by molar-refractivity contribution is -0.122. The third kappa shape index (κ3) is 4.13. The Balaban J connectivity index is 2.57. The highest BCUT2D eigenvalue weighted by molar-refractivity contribution is 5.77. The summed E-state index contributed by atoms with van der Waals surface area (Å²) in [5.41, 5.74) is 6.63. The molecule has 1 aromatic rings. The highest BCUT2D eigenvalue weighted by atomic mass is 16.5. The van der Waals surface area contributed by atoms with Crippen LogP contribution in [0.15, 0.2) is 24.3 Å². The number of para-hydroxylation sites is 1. The largest absolute Gasteiger partial charge is 0.483 e. The molecule has 0 aromatic heterocycles. The first-order valence-electron chi connectivity index (χ1n) is 5.26. The van der Waals surface area contributed by atoms with Gasteiger partial charge in [-0.3, -0.25) is 4.79 Å². The third-order valence-corrected chi connectivity index (χ3v) is 2.13. The van der Waals surface area contributed by atoms with Crippen molar-refractivity contribution >= 4 is 5.91 Å². The second-order valence-electron chi connectivity index (χ2n) is 3.55. The molecule has 0 radical (unpaired) electrons. The van der Waals surface area contributed by atoms with Gasteiger partial charge in [0.05, 0.1) is 6.07 Å². The Morgan fingerprint density at radius 2 is 2.29 bits per heavy atom. The van der Waals surface area contributed by atoms with Crippen molar-refractivity contribution in [1.82, 2.24) is 5.32 Å². The van der Waals surface area contributed by atoms with Crippen molar-refractivity contribution in [2.75, 3.05) is 13.2 Å². The summed E-state index contributed by atoms with van der Waals surface area (Å²) in [6, 6.07) is 8.95. The van der Waals surface area contributed by atoms with E-state index in [0.29, 0.717) is 5.75 Å². The van der Waals surface area contributed by atoms with Crippen LogP contribution in [-0.4, -0.2) is 19.1 Å². The summed E-state index contributed by atoms with van der Waals surface area (Å²) < 4.78 is 5.36. The number of carbonyl (C=O) groups excluding carboxylic acids is 1. The average molecular weight is 233 g/mol. The Hall–Kier alpha value is -2.06. The molecule has 0 aliphatic carbocycles. The SMILES string of the molecule is C[C@@H](N)c1ccccc1OCC(=O)NCC#N. The number of hydrogen-bond acceptors (Lipinski definition) is 4. The molecule has 5 nitrogen and oxygen atoms in total. The van der Waals surface area contributed by atoms with Gasteiger partial charge >= 0.3 is 0 Å². The molecule has 0 unspecified atom stereocenters. The molecule has 1 atom stereocenters. The van der Waals surface area contributed by atoms with Crippen LogP contribution in [0.25, 0.3) is 0 Å². The smallest absolute Gasteiger partial charge is 0.258 e. The minimum atomic E-state index is -0.328. The normalized spacial score (nSPS) is 11.4. The van der Waals surface area contributed by atoms with Gasteiger partial charge in [-0.2, -0.15) is 5.26 Å². The van der Waals surface area contributed by atoms with Gasteiger partial charge in [0.15, 0.2) is 6.61 Å². The number of nitrogens with zero attached hydrogens (tertiary/aromatic N) is 1. The first-order valence-corrected chi connectivity index (χ1v) is 5.26. The van der Waals surface area contributed by atoms with Crippen molar-refractivity contribution in [3.05, 3.63) is 29.8 Å². The number of nitrogens with two attached hydrogens (primary N) is 1. The molecule has 0 aliphatic rings. The molecule has 1 aromatic carbocycles. The molecule has 3 N–H and O–H groups in total. The van der Waals surface area contributed by atoms with Gasteiger partial charge < -0.3 is 15.8 Å². The Bertz CT molecular complexity index is 424. The zero-order chi connectivity index (χ0) is 12.7. The maximum Gasteiger partial charge on any atom is 0.258 e. The standard InChI is InChI=1S/C12H15N3O2/c1-9(14)10-4-2-3-5-11(10)17-8-12(16)15-7-6-13/h2-5,9H,7-8,14H2,1H3,(H,15,16)/t9-/m1/s1. The zero-order valence-electron chi connectivity index (χ0n) is 9.64. The summed E-state index contributed by atoms with van der Waals surface area (Å²) in [6.45, 7) is 1.71. The fraction of sp³-hybridized carbons (Fsp3) is 0.333. The van der Waals surface area contributed by atoms with E-state index in [0.717, 1.165) is 5.56 Å². The predicted octanol–water partition coefficient (Wildman–Crippen LogP) is 0.725. The number of amides is 1. The van der Waals surface area contributed by atoms with E-state index in [-0.39, 0.29) is 25.1 Å². The molecule has 1 rings (SSSR count). The Morgan fingerprint density at radius 1 is 1.59 bits per heavy atom. The van der Waals surface area contributed by atoms with Crippen LogP contribution in [-0.2, 0) is 4.79 Å². The molecule has 0 spiro atoms. The van der Waals surface area contributed by atoms with Gasteiger partial charge in [-0.05, 0) is 13.0 Å². The number of ether oxygens (including phenoxy) is 1. The molecule has 0 heterocycles. The van der Waals surface area contributed by atoms with Gasteiger partial charge in [-0.25, -0.2) is 0 Å². The fourth-order valence-electron chi connectivity index (χ4n) is 1.32. The van der Waals surface area contributed by atoms with Crippen LogP contribution < -0.4 is 15.8 Å². The van der Waals surface area contributed by atoms with Gasteiger partial charge in [0.1, 0.15) is 12.3 Å². The van der Waals surface area contributed by atoms with E-state index < -0.39 is 0 Å². The monoisotopic (exact) mass is 233 g/mol. The summed E-state index contributed by atoms with van der Waals surface area (Å²) in [6.07, 6.45) is 0. The lowest BCUT2D eigenvalue weighted by Crippen LogP contribution is -2.29. The van der Waals surface area contributed by atoms with Gasteiger partial charge in [-0.1, -0.05) is 18.2 Å². The van der Waals surface area contributed by atoms with Crippen LogP contribution in [0.5, 0.6) is 5.75 Å². The van der Waals surface area contributed by atoms with E-state index in [9.17, 15) is 4.79 Å². The lowest BCUT2D eigenvalue weighted by atomic mass is 10.1. The van der Waals surface area contributed by atoms with E-state index in [1.807, 2.05) is 31.2 Å². The minimum absolute atomic E-state index is 0.0167.